The first kappa shape index (κ1) is 14.0. The molecule has 6 heteroatoms. The number of piperazine rings is 1. The van der Waals surface area contributed by atoms with E-state index < -0.39 is 0 Å². The molecule has 1 saturated heterocycles. The van der Waals surface area contributed by atoms with Crippen LogP contribution in [0.25, 0.3) is 0 Å². The summed E-state index contributed by atoms with van der Waals surface area (Å²) in [6.45, 7) is 6.44. The predicted octanol–water partition coefficient (Wildman–Crippen LogP) is -0.163. The quantitative estimate of drug-likeness (QED) is 0.774. The Morgan fingerprint density at radius 3 is 2.74 bits per heavy atom. The molecule has 0 atom stereocenters. The van der Waals surface area contributed by atoms with Gasteiger partial charge < -0.3 is 10.0 Å². The van der Waals surface area contributed by atoms with Crippen molar-refractivity contribution in [2.45, 2.75) is 19.8 Å². The molecule has 6 nitrogen and oxygen atoms in total. The van der Waals surface area contributed by atoms with Gasteiger partial charge in [0.25, 0.3) is 5.56 Å². The summed E-state index contributed by atoms with van der Waals surface area (Å²) in [4.78, 5) is 23.3. The lowest BCUT2D eigenvalue weighted by molar-refractivity contribution is 0.188. The summed E-state index contributed by atoms with van der Waals surface area (Å²) < 4.78 is 0. The van der Waals surface area contributed by atoms with Crippen molar-refractivity contribution in [2.24, 2.45) is 0 Å². The Morgan fingerprint density at radius 2 is 2.11 bits per heavy atom. The molecule has 2 N–H and O–H groups in total. The molecule has 0 spiro atoms. The number of H-pyrrole nitrogens is 1. The minimum Gasteiger partial charge on any atom is -0.395 e. The Labute approximate surface area is 113 Å². The van der Waals surface area contributed by atoms with Crippen molar-refractivity contribution in [1.29, 1.82) is 0 Å². The van der Waals surface area contributed by atoms with Crippen LogP contribution in [-0.4, -0.2) is 59.3 Å². The third kappa shape index (κ3) is 3.78. The molecule has 0 bridgehead atoms. The van der Waals surface area contributed by atoms with Crippen molar-refractivity contribution in [3.63, 3.8) is 0 Å². The van der Waals surface area contributed by atoms with E-state index in [-0.39, 0.29) is 12.2 Å². The highest BCUT2D eigenvalue weighted by atomic mass is 16.3. The fourth-order valence-electron chi connectivity index (χ4n) is 2.35. The first-order valence-corrected chi connectivity index (χ1v) is 6.91. The van der Waals surface area contributed by atoms with Crippen LogP contribution in [-0.2, 0) is 6.42 Å². The highest BCUT2D eigenvalue weighted by Gasteiger charge is 2.18. The molecule has 1 fully saturated rings. The van der Waals surface area contributed by atoms with Gasteiger partial charge in [-0.25, -0.2) is 4.98 Å². The van der Waals surface area contributed by atoms with E-state index in [9.17, 15) is 4.79 Å². The van der Waals surface area contributed by atoms with Crippen molar-refractivity contribution in [3.8, 4) is 0 Å². The van der Waals surface area contributed by atoms with E-state index in [1.807, 2.05) is 0 Å². The Hall–Kier alpha value is -1.40. The average Bonchev–Trinajstić information content (AvgIpc) is 2.40. The molecule has 19 heavy (non-hydrogen) atoms. The summed E-state index contributed by atoms with van der Waals surface area (Å²) in [6, 6.07) is 1.58. The number of aliphatic hydroxyl groups excluding tert-OH is 1. The number of aryl methyl sites for hydroxylation is 1. The highest BCUT2D eigenvalue weighted by Crippen LogP contribution is 2.10. The van der Waals surface area contributed by atoms with Gasteiger partial charge in [-0.2, -0.15) is 0 Å². The molecule has 2 heterocycles. The summed E-state index contributed by atoms with van der Waals surface area (Å²) in [6.07, 6.45) is 1.82. The maximum atomic E-state index is 11.6. The van der Waals surface area contributed by atoms with Gasteiger partial charge in [-0.3, -0.25) is 14.7 Å². The predicted molar refractivity (Wildman–Crippen MR) is 74.6 cm³/mol. The monoisotopic (exact) mass is 266 g/mol. The first-order chi connectivity index (χ1) is 9.22. The van der Waals surface area contributed by atoms with Gasteiger partial charge in [-0.15, -0.1) is 0 Å². The van der Waals surface area contributed by atoms with E-state index >= 15 is 0 Å². The largest absolute Gasteiger partial charge is 0.395 e. The maximum Gasteiger partial charge on any atom is 0.252 e. The Kier molecular flexibility index (Phi) is 4.93. The van der Waals surface area contributed by atoms with Crippen molar-refractivity contribution >= 4 is 5.95 Å². The van der Waals surface area contributed by atoms with Crippen LogP contribution in [0.2, 0.25) is 0 Å². The van der Waals surface area contributed by atoms with Crippen molar-refractivity contribution in [2.75, 3.05) is 44.2 Å². The van der Waals surface area contributed by atoms with Crippen LogP contribution >= 0.6 is 0 Å². The van der Waals surface area contributed by atoms with E-state index in [4.69, 9.17) is 5.11 Å². The molecule has 0 aromatic carbocycles. The number of anilines is 1. The molecule has 1 aliphatic heterocycles. The van der Waals surface area contributed by atoms with Crippen LogP contribution in [0.1, 0.15) is 19.0 Å². The van der Waals surface area contributed by atoms with Gasteiger partial charge in [0, 0.05) is 44.5 Å². The molecule has 0 aliphatic carbocycles. The van der Waals surface area contributed by atoms with Gasteiger partial charge in [-0.1, -0.05) is 13.3 Å². The number of nitrogens with one attached hydrogen (secondary N) is 1. The van der Waals surface area contributed by atoms with Gasteiger partial charge in [0.1, 0.15) is 0 Å². The second-order valence-corrected chi connectivity index (χ2v) is 4.86. The van der Waals surface area contributed by atoms with Crippen LogP contribution in [0.4, 0.5) is 5.95 Å². The standard InChI is InChI=1S/C13H22N4O2/c1-2-3-11-10-12(19)15-13(14-11)17-6-4-16(5-7-17)8-9-18/h10,18H,2-9H2,1H3,(H,14,15,19). The number of hydrogen-bond donors (Lipinski definition) is 2. The van der Waals surface area contributed by atoms with Crippen LogP contribution in [0.3, 0.4) is 0 Å². The zero-order valence-electron chi connectivity index (χ0n) is 11.4. The molecule has 1 aromatic rings. The summed E-state index contributed by atoms with van der Waals surface area (Å²) in [5.74, 6) is 0.680. The highest BCUT2D eigenvalue weighted by molar-refractivity contribution is 5.31. The Bertz CT molecular complexity index is 452. The molecule has 0 saturated carbocycles. The molecule has 1 aromatic heterocycles. The normalized spacial score (nSPS) is 16.8. The molecular formula is C13H22N4O2. The zero-order chi connectivity index (χ0) is 13.7. The molecular weight excluding hydrogens is 244 g/mol. The SMILES string of the molecule is CCCc1cc(=O)[nH]c(N2CCN(CCO)CC2)n1. The van der Waals surface area contributed by atoms with E-state index in [1.54, 1.807) is 6.07 Å². The topological polar surface area (TPSA) is 72.5 Å². The third-order valence-electron chi connectivity index (χ3n) is 3.38. The minimum atomic E-state index is -0.0776. The number of nitrogens with zero attached hydrogens (tertiary/aromatic N) is 3. The van der Waals surface area contributed by atoms with Crippen LogP contribution in [0.15, 0.2) is 10.9 Å². The number of β-amino-alcohol motifs (C(OH)–C–C–N with tert-alkyl or cyclic N) is 1. The molecule has 0 radical (unpaired) electrons. The van der Waals surface area contributed by atoms with Gasteiger partial charge in [0.05, 0.1) is 6.61 Å². The number of aromatic amines is 1. The number of aromatic nitrogens is 2. The molecule has 2 rings (SSSR count). The molecule has 106 valence electrons. The van der Waals surface area contributed by atoms with Crippen molar-refractivity contribution < 1.29 is 5.11 Å². The zero-order valence-corrected chi connectivity index (χ0v) is 11.4. The van der Waals surface area contributed by atoms with Crippen LogP contribution in [0.5, 0.6) is 0 Å². The third-order valence-corrected chi connectivity index (χ3v) is 3.38. The Balaban J connectivity index is 2.04. The minimum absolute atomic E-state index is 0.0776. The van der Waals surface area contributed by atoms with E-state index in [0.717, 1.165) is 44.7 Å². The lowest BCUT2D eigenvalue weighted by Gasteiger charge is -2.34. The first-order valence-electron chi connectivity index (χ1n) is 6.91. The summed E-state index contributed by atoms with van der Waals surface area (Å²) in [7, 11) is 0. The van der Waals surface area contributed by atoms with E-state index in [0.29, 0.717) is 12.5 Å². The second kappa shape index (κ2) is 6.68. The smallest absolute Gasteiger partial charge is 0.252 e. The van der Waals surface area contributed by atoms with Crippen LogP contribution < -0.4 is 10.5 Å². The van der Waals surface area contributed by atoms with Gasteiger partial charge in [0.15, 0.2) is 0 Å². The van der Waals surface area contributed by atoms with Crippen molar-refractivity contribution in [3.05, 3.63) is 22.1 Å². The fraction of sp³-hybridized carbons (Fsp3) is 0.692. The van der Waals surface area contributed by atoms with E-state index in [1.165, 1.54) is 0 Å². The second-order valence-electron chi connectivity index (χ2n) is 4.86. The van der Waals surface area contributed by atoms with Crippen LogP contribution in [0, 0.1) is 0 Å². The molecule has 0 unspecified atom stereocenters. The van der Waals surface area contributed by atoms with Gasteiger partial charge in [0.2, 0.25) is 5.95 Å². The lowest BCUT2D eigenvalue weighted by Crippen LogP contribution is -2.48. The number of aliphatic hydroxyl groups is 1. The maximum absolute atomic E-state index is 11.6. The van der Waals surface area contributed by atoms with Gasteiger partial charge >= 0.3 is 0 Å². The van der Waals surface area contributed by atoms with E-state index in [2.05, 4.69) is 26.7 Å². The average molecular weight is 266 g/mol. The lowest BCUT2D eigenvalue weighted by atomic mass is 10.2. The summed E-state index contributed by atoms with van der Waals surface area (Å²) in [5, 5.41) is 8.92. The van der Waals surface area contributed by atoms with Gasteiger partial charge in [-0.05, 0) is 6.42 Å². The fourth-order valence-corrected chi connectivity index (χ4v) is 2.35. The number of hydrogen-bond acceptors (Lipinski definition) is 5. The number of rotatable bonds is 5. The summed E-state index contributed by atoms with van der Waals surface area (Å²) >= 11 is 0. The van der Waals surface area contributed by atoms with Crippen molar-refractivity contribution in [1.82, 2.24) is 14.9 Å². The Morgan fingerprint density at radius 1 is 1.37 bits per heavy atom. The molecule has 1 aliphatic rings. The molecule has 0 amide bonds. The summed E-state index contributed by atoms with van der Waals surface area (Å²) in [5.41, 5.74) is 0.783.